The average Bonchev–Trinajstić information content (AvgIpc) is 3.37. The predicted octanol–water partition coefficient (Wildman–Crippen LogP) is 2.49. The lowest BCUT2D eigenvalue weighted by Crippen LogP contribution is -2.47. The zero-order valence-corrected chi connectivity index (χ0v) is 24.5. The number of rotatable bonds is 10. The average molecular weight is 602 g/mol. The zero-order chi connectivity index (χ0) is 29.1. The largest absolute Gasteiger partial charge is 0.491 e. The van der Waals surface area contributed by atoms with E-state index in [2.05, 4.69) is 10.3 Å². The lowest BCUT2D eigenvalue weighted by molar-refractivity contribution is -0.0312. The highest BCUT2D eigenvalue weighted by molar-refractivity contribution is 7.90. The van der Waals surface area contributed by atoms with Gasteiger partial charge >= 0.3 is 0 Å². The lowest BCUT2D eigenvalue weighted by atomic mass is 9.88. The van der Waals surface area contributed by atoms with Crippen molar-refractivity contribution >= 4 is 19.9 Å². The number of piperidine rings is 1. The second-order valence-corrected chi connectivity index (χ2v) is 14.6. The first kappa shape index (κ1) is 29.6. The van der Waals surface area contributed by atoms with Crippen LogP contribution in [-0.2, 0) is 24.6 Å². The van der Waals surface area contributed by atoms with Crippen molar-refractivity contribution in [3.8, 4) is 16.9 Å². The van der Waals surface area contributed by atoms with Crippen LogP contribution in [0, 0.1) is 0 Å². The Balaban J connectivity index is 1.10. The molecule has 2 atom stereocenters. The van der Waals surface area contributed by atoms with Crippen molar-refractivity contribution in [3.05, 3.63) is 73.1 Å². The summed E-state index contributed by atoms with van der Waals surface area (Å²) in [6.45, 7) is 1.51. The first-order valence-electron chi connectivity index (χ1n) is 13.5. The van der Waals surface area contributed by atoms with Gasteiger partial charge < -0.3 is 19.9 Å². The molecule has 2 fully saturated rings. The quantitative estimate of drug-likeness (QED) is 0.359. The number of pyridine rings is 1. The maximum absolute atomic E-state index is 13.4. The SMILES string of the molecule is CS(=O)(=O)c1cccc(OCC(O)CNC2COC3(CCN(S(=O)(=O)c4cccc(-c5ccncc5)c4)CC3)C2)c1. The Morgan fingerprint density at radius 3 is 2.46 bits per heavy atom. The van der Waals surface area contributed by atoms with Crippen LogP contribution in [0.1, 0.15) is 19.3 Å². The van der Waals surface area contributed by atoms with Crippen molar-refractivity contribution in [2.45, 2.75) is 46.8 Å². The number of ether oxygens (including phenoxy) is 2. The van der Waals surface area contributed by atoms with Crippen LogP contribution in [0.25, 0.3) is 11.1 Å². The highest BCUT2D eigenvalue weighted by atomic mass is 32.2. The zero-order valence-electron chi connectivity index (χ0n) is 22.8. The van der Waals surface area contributed by atoms with Gasteiger partial charge in [-0.05, 0) is 72.9 Å². The summed E-state index contributed by atoms with van der Waals surface area (Å²) in [6.07, 6.45) is 5.61. The Morgan fingerprint density at radius 2 is 1.73 bits per heavy atom. The summed E-state index contributed by atoms with van der Waals surface area (Å²) in [7, 11) is -6.99. The smallest absolute Gasteiger partial charge is 0.243 e. The van der Waals surface area contributed by atoms with E-state index < -0.39 is 31.6 Å². The first-order chi connectivity index (χ1) is 19.5. The fourth-order valence-corrected chi connectivity index (χ4v) is 7.48. The van der Waals surface area contributed by atoms with Crippen LogP contribution >= 0.6 is 0 Å². The number of aromatic nitrogens is 1. The summed E-state index contributed by atoms with van der Waals surface area (Å²) in [5.41, 5.74) is 1.34. The Morgan fingerprint density at radius 1 is 1.02 bits per heavy atom. The van der Waals surface area contributed by atoms with E-state index in [1.807, 2.05) is 18.2 Å². The minimum atomic E-state index is -3.65. The van der Waals surface area contributed by atoms with Crippen LogP contribution in [0.5, 0.6) is 5.75 Å². The Bertz CT molecular complexity index is 1560. The maximum Gasteiger partial charge on any atom is 0.243 e. The molecule has 2 aromatic carbocycles. The minimum Gasteiger partial charge on any atom is -0.491 e. The molecule has 0 saturated carbocycles. The molecule has 5 rings (SSSR count). The Labute approximate surface area is 241 Å². The molecule has 2 unspecified atom stereocenters. The number of nitrogens with one attached hydrogen (secondary N) is 1. The molecule has 0 aliphatic carbocycles. The van der Waals surface area contributed by atoms with Gasteiger partial charge in [0.25, 0.3) is 0 Å². The number of aliphatic hydroxyl groups is 1. The van der Waals surface area contributed by atoms with E-state index in [1.54, 1.807) is 42.7 Å². The molecule has 3 heterocycles. The van der Waals surface area contributed by atoms with E-state index in [9.17, 15) is 21.9 Å². The molecule has 3 aromatic rings. The van der Waals surface area contributed by atoms with Gasteiger partial charge in [0.2, 0.25) is 10.0 Å². The summed E-state index contributed by atoms with van der Waals surface area (Å²) >= 11 is 0. The summed E-state index contributed by atoms with van der Waals surface area (Å²) in [6, 6.07) is 16.9. The van der Waals surface area contributed by atoms with Gasteiger partial charge in [-0.2, -0.15) is 4.31 Å². The molecule has 10 nitrogen and oxygen atoms in total. The van der Waals surface area contributed by atoms with Crippen LogP contribution in [0.15, 0.2) is 82.8 Å². The Hall–Kier alpha value is -2.87. The van der Waals surface area contributed by atoms with Gasteiger partial charge in [-0.15, -0.1) is 0 Å². The summed E-state index contributed by atoms with van der Waals surface area (Å²) in [4.78, 5) is 4.46. The molecule has 1 aromatic heterocycles. The van der Waals surface area contributed by atoms with E-state index in [-0.39, 0.29) is 29.0 Å². The molecule has 0 radical (unpaired) electrons. The van der Waals surface area contributed by atoms with Gasteiger partial charge in [0.15, 0.2) is 9.84 Å². The lowest BCUT2D eigenvalue weighted by Gasteiger charge is -2.38. The van der Waals surface area contributed by atoms with Crippen LogP contribution in [-0.4, -0.2) is 88.1 Å². The molecular weight excluding hydrogens is 566 g/mol. The molecule has 1 spiro atoms. The molecule has 2 saturated heterocycles. The van der Waals surface area contributed by atoms with Gasteiger partial charge in [0, 0.05) is 44.3 Å². The third-order valence-corrected chi connectivity index (χ3v) is 10.7. The number of benzene rings is 2. The monoisotopic (exact) mass is 601 g/mol. The topological polar surface area (TPSA) is 135 Å². The number of sulfone groups is 1. The third-order valence-electron chi connectivity index (χ3n) is 7.65. The van der Waals surface area contributed by atoms with Crippen LogP contribution in [0.4, 0.5) is 0 Å². The standard InChI is InChI=1S/C29H35N3O7S2/c1-40(34,35)27-6-3-5-26(17-27)38-21-25(33)19-31-24-18-29(39-20-24)10-14-32(15-11-29)41(36,37)28-7-2-4-23(16-28)22-8-12-30-13-9-22/h2-9,12-13,16-17,24-25,31,33H,10-11,14-15,18-21H2,1H3. The number of hydrogen-bond donors (Lipinski definition) is 2. The van der Waals surface area contributed by atoms with Gasteiger partial charge in [-0.3, -0.25) is 4.98 Å². The highest BCUT2D eigenvalue weighted by Gasteiger charge is 2.44. The number of sulfonamides is 1. The molecule has 2 aliphatic heterocycles. The normalized spacial score (nSPS) is 20.2. The Kier molecular flexibility index (Phi) is 8.78. The number of hydrogen-bond acceptors (Lipinski definition) is 9. The van der Waals surface area contributed by atoms with Crippen LogP contribution < -0.4 is 10.1 Å². The minimum absolute atomic E-state index is 0.00805. The first-order valence-corrected chi connectivity index (χ1v) is 16.9. The van der Waals surface area contributed by atoms with Crippen molar-refractivity contribution in [1.29, 1.82) is 0 Å². The van der Waals surface area contributed by atoms with Gasteiger partial charge in [-0.1, -0.05) is 18.2 Å². The second kappa shape index (κ2) is 12.2. The van der Waals surface area contributed by atoms with Crippen LogP contribution in [0.2, 0.25) is 0 Å². The van der Waals surface area contributed by atoms with Crippen molar-refractivity contribution in [2.75, 3.05) is 39.1 Å². The molecule has 2 N–H and O–H groups in total. The van der Waals surface area contributed by atoms with E-state index in [0.29, 0.717) is 38.3 Å². The maximum atomic E-state index is 13.4. The molecule has 220 valence electrons. The van der Waals surface area contributed by atoms with Crippen LogP contribution in [0.3, 0.4) is 0 Å². The van der Waals surface area contributed by atoms with Crippen molar-refractivity contribution in [2.24, 2.45) is 0 Å². The molecule has 12 heteroatoms. The highest BCUT2D eigenvalue weighted by Crippen LogP contribution is 2.37. The van der Waals surface area contributed by atoms with E-state index in [1.165, 1.54) is 16.4 Å². The molecule has 0 amide bonds. The van der Waals surface area contributed by atoms with Gasteiger partial charge in [0.05, 0.1) is 22.0 Å². The summed E-state index contributed by atoms with van der Waals surface area (Å²) in [5.74, 6) is 0.376. The fraction of sp³-hybridized carbons (Fsp3) is 0.414. The summed E-state index contributed by atoms with van der Waals surface area (Å²) < 4.78 is 63.7. The molecule has 0 bridgehead atoms. The second-order valence-electron chi connectivity index (χ2n) is 10.7. The summed E-state index contributed by atoms with van der Waals surface area (Å²) in [5, 5.41) is 13.7. The number of nitrogens with zero attached hydrogens (tertiary/aromatic N) is 2. The van der Waals surface area contributed by atoms with E-state index in [4.69, 9.17) is 9.47 Å². The van der Waals surface area contributed by atoms with Gasteiger partial charge in [0.1, 0.15) is 18.5 Å². The fourth-order valence-electron chi connectivity index (χ4n) is 5.34. The number of aliphatic hydroxyl groups excluding tert-OH is 1. The molecule has 2 aliphatic rings. The van der Waals surface area contributed by atoms with Gasteiger partial charge in [-0.25, -0.2) is 16.8 Å². The van der Waals surface area contributed by atoms with E-state index >= 15 is 0 Å². The van der Waals surface area contributed by atoms with Crippen molar-refractivity contribution in [3.63, 3.8) is 0 Å². The molecular formula is C29H35N3O7S2. The predicted molar refractivity (Wildman–Crippen MR) is 154 cm³/mol. The van der Waals surface area contributed by atoms with E-state index in [0.717, 1.165) is 23.8 Å². The molecule has 41 heavy (non-hydrogen) atoms. The van der Waals surface area contributed by atoms with Crippen molar-refractivity contribution < 1.29 is 31.4 Å². The van der Waals surface area contributed by atoms with Crippen molar-refractivity contribution in [1.82, 2.24) is 14.6 Å². The third kappa shape index (κ3) is 7.14.